The van der Waals surface area contributed by atoms with Crippen LogP contribution in [0.1, 0.15) is 25.7 Å². The molecular weight excluding hydrogens is 404 g/mol. The summed E-state index contributed by atoms with van der Waals surface area (Å²) in [5.74, 6) is 2.26. The SMILES string of the molecule is CCCCn1c(=O)c2ccccc2n2c(SCc3nnc(-c4ccco4)o3)nnc12. The molecule has 10 heteroatoms. The van der Waals surface area contributed by atoms with Gasteiger partial charge in [0, 0.05) is 6.54 Å². The van der Waals surface area contributed by atoms with E-state index in [0.717, 1.165) is 18.4 Å². The predicted molar refractivity (Wildman–Crippen MR) is 111 cm³/mol. The van der Waals surface area contributed by atoms with Crippen molar-refractivity contribution in [3.05, 3.63) is 58.9 Å². The standard InChI is InChI=1S/C20H18N6O3S/c1-2-3-10-25-18(27)13-7-4-5-8-14(13)26-19(25)23-24-20(26)30-12-16-21-22-17(29-16)15-9-6-11-28-15/h4-9,11H,2-3,10,12H2,1H3. The van der Waals surface area contributed by atoms with Gasteiger partial charge in [0.15, 0.2) is 10.9 Å². The van der Waals surface area contributed by atoms with Crippen molar-refractivity contribution in [1.29, 1.82) is 0 Å². The van der Waals surface area contributed by atoms with Crippen molar-refractivity contribution >= 4 is 28.4 Å². The van der Waals surface area contributed by atoms with Crippen LogP contribution >= 0.6 is 11.8 Å². The fraction of sp³-hybridized carbons (Fsp3) is 0.250. The summed E-state index contributed by atoms with van der Waals surface area (Å²) in [4.78, 5) is 13.0. The molecule has 0 radical (unpaired) electrons. The fourth-order valence-corrected chi connectivity index (χ4v) is 4.06. The Morgan fingerprint density at radius 2 is 1.97 bits per heavy atom. The number of aryl methyl sites for hydroxylation is 1. The summed E-state index contributed by atoms with van der Waals surface area (Å²) in [5, 5.41) is 18.0. The first-order valence-corrected chi connectivity index (χ1v) is 10.6. The van der Waals surface area contributed by atoms with Crippen LogP contribution in [0.2, 0.25) is 0 Å². The molecule has 0 spiro atoms. The second-order valence-electron chi connectivity index (χ2n) is 6.71. The normalized spacial score (nSPS) is 11.6. The van der Waals surface area contributed by atoms with Gasteiger partial charge in [0.05, 0.1) is 22.9 Å². The number of benzene rings is 1. The molecule has 0 atom stereocenters. The van der Waals surface area contributed by atoms with E-state index in [0.29, 0.717) is 46.2 Å². The molecule has 0 amide bonds. The summed E-state index contributed by atoms with van der Waals surface area (Å²) >= 11 is 1.42. The summed E-state index contributed by atoms with van der Waals surface area (Å²) in [5.41, 5.74) is 0.732. The first-order valence-electron chi connectivity index (χ1n) is 9.62. The Bertz CT molecular complexity index is 1370. The molecule has 5 aromatic rings. The molecule has 0 fully saturated rings. The van der Waals surface area contributed by atoms with E-state index in [2.05, 4.69) is 27.3 Å². The molecule has 152 valence electrons. The summed E-state index contributed by atoms with van der Waals surface area (Å²) in [6.07, 6.45) is 3.43. The first kappa shape index (κ1) is 18.6. The second kappa shape index (κ2) is 7.79. The molecule has 0 bridgehead atoms. The molecule has 1 aromatic carbocycles. The highest BCUT2D eigenvalue weighted by Crippen LogP contribution is 2.26. The molecule has 0 N–H and O–H groups in total. The van der Waals surface area contributed by atoms with Crippen LogP contribution in [0.4, 0.5) is 0 Å². The van der Waals surface area contributed by atoms with E-state index >= 15 is 0 Å². The zero-order valence-electron chi connectivity index (χ0n) is 16.2. The van der Waals surface area contributed by atoms with Gasteiger partial charge in [0.25, 0.3) is 11.4 Å². The van der Waals surface area contributed by atoms with Crippen LogP contribution in [-0.4, -0.2) is 29.4 Å². The Hall–Kier alpha value is -3.40. The third kappa shape index (κ3) is 3.18. The van der Waals surface area contributed by atoms with Gasteiger partial charge in [0.2, 0.25) is 11.7 Å². The Balaban J connectivity index is 1.52. The number of rotatable bonds is 7. The van der Waals surface area contributed by atoms with Crippen molar-refractivity contribution in [3.63, 3.8) is 0 Å². The number of thioether (sulfide) groups is 1. The van der Waals surface area contributed by atoms with Gasteiger partial charge in [-0.25, -0.2) is 0 Å². The number of furan rings is 1. The average Bonchev–Trinajstić information content (AvgIpc) is 3.52. The van der Waals surface area contributed by atoms with E-state index in [1.165, 1.54) is 11.8 Å². The number of para-hydroxylation sites is 1. The van der Waals surface area contributed by atoms with Gasteiger partial charge in [-0.2, -0.15) is 0 Å². The molecule has 0 unspecified atom stereocenters. The maximum absolute atomic E-state index is 13.0. The van der Waals surface area contributed by atoms with Crippen molar-refractivity contribution in [3.8, 4) is 11.7 Å². The summed E-state index contributed by atoms with van der Waals surface area (Å²) < 4.78 is 14.6. The van der Waals surface area contributed by atoms with Crippen LogP contribution in [0.5, 0.6) is 0 Å². The lowest BCUT2D eigenvalue weighted by Crippen LogP contribution is -2.23. The summed E-state index contributed by atoms with van der Waals surface area (Å²) in [7, 11) is 0. The number of nitrogens with zero attached hydrogens (tertiary/aromatic N) is 6. The van der Waals surface area contributed by atoms with Gasteiger partial charge in [-0.15, -0.1) is 20.4 Å². The Morgan fingerprint density at radius 3 is 2.80 bits per heavy atom. The van der Waals surface area contributed by atoms with E-state index in [-0.39, 0.29) is 5.56 Å². The molecule has 9 nitrogen and oxygen atoms in total. The number of hydrogen-bond acceptors (Lipinski definition) is 8. The molecule has 5 rings (SSSR count). The van der Waals surface area contributed by atoms with Crippen molar-refractivity contribution in [2.45, 2.75) is 37.2 Å². The zero-order chi connectivity index (χ0) is 20.5. The molecule has 0 saturated carbocycles. The third-order valence-corrected chi connectivity index (χ3v) is 5.65. The third-order valence-electron chi connectivity index (χ3n) is 4.74. The van der Waals surface area contributed by atoms with Gasteiger partial charge >= 0.3 is 0 Å². The number of fused-ring (bicyclic) bond motifs is 3. The molecule has 4 heterocycles. The minimum Gasteiger partial charge on any atom is -0.459 e. The second-order valence-corrected chi connectivity index (χ2v) is 7.65. The molecular formula is C20H18N6O3S. The van der Waals surface area contributed by atoms with Gasteiger partial charge in [0.1, 0.15) is 0 Å². The van der Waals surface area contributed by atoms with E-state index < -0.39 is 0 Å². The quantitative estimate of drug-likeness (QED) is 0.365. The average molecular weight is 422 g/mol. The molecule has 4 aromatic heterocycles. The van der Waals surface area contributed by atoms with E-state index in [1.54, 1.807) is 23.0 Å². The van der Waals surface area contributed by atoms with E-state index in [4.69, 9.17) is 8.83 Å². The van der Waals surface area contributed by atoms with Gasteiger partial charge in [-0.05, 0) is 30.7 Å². The number of hydrogen-bond donors (Lipinski definition) is 0. The van der Waals surface area contributed by atoms with Crippen LogP contribution in [0.3, 0.4) is 0 Å². The lowest BCUT2D eigenvalue weighted by Gasteiger charge is -2.10. The number of aromatic nitrogens is 6. The highest BCUT2D eigenvalue weighted by molar-refractivity contribution is 7.98. The van der Waals surface area contributed by atoms with Crippen LogP contribution in [0, 0.1) is 0 Å². The van der Waals surface area contributed by atoms with E-state index in [1.807, 2.05) is 28.7 Å². The van der Waals surface area contributed by atoms with Crippen LogP contribution < -0.4 is 5.56 Å². The van der Waals surface area contributed by atoms with Gasteiger partial charge in [-0.3, -0.25) is 13.8 Å². The van der Waals surface area contributed by atoms with Crippen LogP contribution in [0.25, 0.3) is 28.3 Å². The highest BCUT2D eigenvalue weighted by atomic mass is 32.2. The lowest BCUT2D eigenvalue weighted by molar-refractivity contribution is 0.494. The predicted octanol–water partition coefficient (Wildman–Crippen LogP) is 3.78. The highest BCUT2D eigenvalue weighted by Gasteiger charge is 2.18. The van der Waals surface area contributed by atoms with E-state index in [9.17, 15) is 4.79 Å². The van der Waals surface area contributed by atoms with Crippen LogP contribution in [0.15, 0.2) is 61.4 Å². The van der Waals surface area contributed by atoms with Crippen molar-refractivity contribution in [1.82, 2.24) is 29.4 Å². The number of unbranched alkanes of at least 4 members (excludes halogenated alkanes) is 1. The maximum Gasteiger partial charge on any atom is 0.283 e. The molecule has 0 aliphatic carbocycles. The largest absolute Gasteiger partial charge is 0.459 e. The summed E-state index contributed by atoms with van der Waals surface area (Å²) in [6, 6.07) is 11.0. The Kier molecular flexibility index (Phi) is 4.83. The summed E-state index contributed by atoms with van der Waals surface area (Å²) in [6.45, 7) is 2.69. The topological polar surface area (TPSA) is 104 Å². The Labute approximate surface area is 174 Å². The first-order chi connectivity index (χ1) is 14.8. The zero-order valence-corrected chi connectivity index (χ0v) is 17.0. The van der Waals surface area contributed by atoms with Gasteiger partial charge < -0.3 is 8.83 Å². The van der Waals surface area contributed by atoms with Crippen molar-refractivity contribution < 1.29 is 8.83 Å². The van der Waals surface area contributed by atoms with Crippen molar-refractivity contribution in [2.75, 3.05) is 0 Å². The fourth-order valence-electron chi connectivity index (χ4n) is 3.28. The van der Waals surface area contributed by atoms with Crippen molar-refractivity contribution in [2.24, 2.45) is 0 Å². The minimum absolute atomic E-state index is 0.0458. The van der Waals surface area contributed by atoms with Gasteiger partial charge in [-0.1, -0.05) is 37.2 Å². The molecule has 30 heavy (non-hydrogen) atoms. The maximum atomic E-state index is 13.0. The minimum atomic E-state index is -0.0458. The smallest absolute Gasteiger partial charge is 0.283 e. The monoisotopic (exact) mass is 422 g/mol. The molecule has 0 saturated heterocycles. The molecule has 0 aliphatic heterocycles. The molecule has 0 aliphatic rings. The Morgan fingerprint density at radius 1 is 1.07 bits per heavy atom. The van der Waals surface area contributed by atoms with Crippen LogP contribution in [-0.2, 0) is 12.3 Å². The lowest BCUT2D eigenvalue weighted by atomic mass is 10.2.